The van der Waals surface area contributed by atoms with Crippen molar-refractivity contribution in [1.82, 2.24) is 0 Å². The summed E-state index contributed by atoms with van der Waals surface area (Å²) < 4.78 is 5.21. The van der Waals surface area contributed by atoms with Crippen molar-refractivity contribution in [3.05, 3.63) is 35.4 Å². The Morgan fingerprint density at radius 1 is 1.25 bits per heavy atom. The van der Waals surface area contributed by atoms with E-state index in [4.69, 9.17) is 10.00 Å². The molecule has 0 amide bonds. The Morgan fingerprint density at radius 2 is 2.06 bits per heavy atom. The van der Waals surface area contributed by atoms with Crippen LogP contribution in [0.5, 0.6) is 5.75 Å². The molecule has 16 heavy (non-hydrogen) atoms. The van der Waals surface area contributed by atoms with Gasteiger partial charge in [0, 0.05) is 5.57 Å². The van der Waals surface area contributed by atoms with Crippen LogP contribution in [0.2, 0.25) is 0 Å². The molecule has 2 nitrogen and oxygen atoms in total. The molecule has 0 heterocycles. The highest BCUT2D eigenvalue weighted by atomic mass is 16.5. The van der Waals surface area contributed by atoms with E-state index in [9.17, 15) is 0 Å². The van der Waals surface area contributed by atoms with Gasteiger partial charge in [0.25, 0.3) is 0 Å². The van der Waals surface area contributed by atoms with Crippen LogP contribution in [0.3, 0.4) is 0 Å². The molecule has 1 aromatic rings. The first kappa shape index (κ1) is 10.8. The zero-order chi connectivity index (χ0) is 11.4. The molecule has 82 valence electrons. The van der Waals surface area contributed by atoms with E-state index in [1.807, 2.05) is 18.2 Å². The molecule has 2 heteroatoms. The molecule has 0 aliphatic heterocycles. The number of ether oxygens (including phenoxy) is 1. The third-order valence-corrected chi connectivity index (χ3v) is 3.02. The lowest BCUT2D eigenvalue weighted by Gasteiger charge is -2.16. The van der Waals surface area contributed by atoms with Crippen molar-refractivity contribution in [2.45, 2.75) is 25.7 Å². The molecule has 0 saturated heterocycles. The van der Waals surface area contributed by atoms with E-state index in [-0.39, 0.29) is 0 Å². The summed E-state index contributed by atoms with van der Waals surface area (Å²) in [4.78, 5) is 0. The zero-order valence-electron chi connectivity index (χ0n) is 9.49. The first-order chi connectivity index (χ1) is 7.85. The van der Waals surface area contributed by atoms with E-state index in [1.165, 1.54) is 12.0 Å². The average molecular weight is 213 g/mol. The normalized spacial score (nSPS) is 15.8. The first-order valence-corrected chi connectivity index (χ1v) is 5.61. The fraction of sp³-hybridized carbons (Fsp3) is 0.357. The Hall–Kier alpha value is -1.75. The van der Waals surface area contributed by atoms with Crippen LogP contribution in [0.15, 0.2) is 29.8 Å². The first-order valence-electron chi connectivity index (χ1n) is 5.61. The number of allylic oxidation sites excluding steroid dienone is 2. The summed E-state index contributed by atoms with van der Waals surface area (Å²) in [6.45, 7) is 0. The van der Waals surface area contributed by atoms with Gasteiger partial charge in [-0.25, -0.2) is 0 Å². The summed E-state index contributed by atoms with van der Waals surface area (Å²) in [5.74, 6) is 0.855. The van der Waals surface area contributed by atoms with Gasteiger partial charge in [0.1, 0.15) is 5.75 Å². The molecule has 0 spiro atoms. The summed E-state index contributed by atoms with van der Waals surface area (Å²) in [7, 11) is 1.67. The molecule has 0 aromatic heterocycles. The van der Waals surface area contributed by atoms with Crippen LogP contribution in [-0.2, 0) is 0 Å². The molecule has 0 atom stereocenters. The van der Waals surface area contributed by atoms with Gasteiger partial charge in [0.15, 0.2) is 0 Å². The molecule has 0 fully saturated rings. The fourth-order valence-corrected chi connectivity index (χ4v) is 2.16. The van der Waals surface area contributed by atoms with Crippen molar-refractivity contribution >= 4 is 5.57 Å². The second-order valence-electron chi connectivity index (χ2n) is 4.01. The zero-order valence-corrected chi connectivity index (χ0v) is 9.49. The number of hydrogen-bond acceptors (Lipinski definition) is 2. The summed E-state index contributed by atoms with van der Waals surface area (Å²) in [6, 6.07) is 10.3. The number of rotatable bonds is 2. The van der Waals surface area contributed by atoms with Gasteiger partial charge in [-0.1, -0.05) is 12.1 Å². The van der Waals surface area contributed by atoms with Gasteiger partial charge in [-0.3, -0.25) is 0 Å². The van der Waals surface area contributed by atoms with Gasteiger partial charge >= 0.3 is 0 Å². The maximum Gasteiger partial charge on any atom is 0.119 e. The molecule has 0 unspecified atom stereocenters. The second-order valence-corrected chi connectivity index (χ2v) is 4.01. The molecule has 2 rings (SSSR count). The van der Waals surface area contributed by atoms with Crippen molar-refractivity contribution in [3.63, 3.8) is 0 Å². The third kappa shape index (κ3) is 2.09. The molecule has 0 radical (unpaired) electrons. The maximum absolute atomic E-state index is 9.11. The van der Waals surface area contributed by atoms with Gasteiger partial charge < -0.3 is 4.74 Å². The smallest absolute Gasteiger partial charge is 0.119 e. The van der Waals surface area contributed by atoms with E-state index < -0.39 is 0 Å². The van der Waals surface area contributed by atoms with Crippen LogP contribution in [0, 0.1) is 11.3 Å². The van der Waals surface area contributed by atoms with Gasteiger partial charge in [-0.05, 0) is 49.0 Å². The minimum atomic E-state index is 0.855. The minimum Gasteiger partial charge on any atom is -0.497 e. The highest BCUT2D eigenvalue weighted by Crippen LogP contribution is 2.33. The van der Waals surface area contributed by atoms with E-state index in [0.29, 0.717) is 0 Å². The van der Waals surface area contributed by atoms with Crippen LogP contribution >= 0.6 is 0 Å². The van der Waals surface area contributed by atoms with Gasteiger partial charge in [-0.15, -0.1) is 0 Å². The standard InChI is InChI=1S/C14H15NO/c1-16-13-7-4-6-11(9-13)14-8-3-2-5-12(14)10-15/h4,6-7,9H,2-3,5,8H2,1H3. The predicted octanol–water partition coefficient (Wildman–Crippen LogP) is 3.55. The number of nitriles is 1. The second kappa shape index (κ2) is 4.85. The summed E-state index contributed by atoms with van der Waals surface area (Å²) >= 11 is 0. The van der Waals surface area contributed by atoms with Crippen molar-refractivity contribution in [1.29, 1.82) is 5.26 Å². The largest absolute Gasteiger partial charge is 0.497 e. The predicted molar refractivity (Wildman–Crippen MR) is 64.0 cm³/mol. The number of nitrogens with zero attached hydrogens (tertiary/aromatic N) is 1. The van der Waals surface area contributed by atoms with Crippen molar-refractivity contribution in [2.75, 3.05) is 7.11 Å². The molecule has 1 aromatic carbocycles. The lowest BCUT2D eigenvalue weighted by atomic mass is 9.88. The topological polar surface area (TPSA) is 33.0 Å². The average Bonchev–Trinajstić information content (AvgIpc) is 2.38. The lowest BCUT2D eigenvalue weighted by Crippen LogP contribution is -1.98. The number of methoxy groups -OCH3 is 1. The van der Waals surface area contributed by atoms with Crippen molar-refractivity contribution < 1.29 is 4.74 Å². The van der Waals surface area contributed by atoms with Crippen molar-refractivity contribution in [3.8, 4) is 11.8 Å². The molecule has 1 aliphatic rings. The molecule has 0 saturated carbocycles. The maximum atomic E-state index is 9.11. The number of benzene rings is 1. The molecular weight excluding hydrogens is 198 g/mol. The van der Waals surface area contributed by atoms with Crippen LogP contribution in [0.25, 0.3) is 5.57 Å². The summed E-state index contributed by atoms with van der Waals surface area (Å²) in [5.41, 5.74) is 3.28. The monoisotopic (exact) mass is 213 g/mol. The van der Waals surface area contributed by atoms with Crippen molar-refractivity contribution in [2.24, 2.45) is 0 Å². The van der Waals surface area contributed by atoms with Crippen LogP contribution in [-0.4, -0.2) is 7.11 Å². The molecule has 0 bridgehead atoms. The van der Waals surface area contributed by atoms with E-state index in [0.717, 1.165) is 36.1 Å². The van der Waals surface area contributed by atoms with E-state index in [1.54, 1.807) is 7.11 Å². The summed E-state index contributed by atoms with van der Waals surface area (Å²) in [6.07, 6.45) is 4.24. The SMILES string of the molecule is COc1cccc(C2=C(C#N)CCCC2)c1. The van der Waals surface area contributed by atoms with Gasteiger partial charge in [0.05, 0.1) is 13.2 Å². The molecule has 0 N–H and O–H groups in total. The highest BCUT2D eigenvalue weighted by Gasteiger charge is 2.14. The Bertz CT molecular complexity index is 454. The van der Waals surface area contributed by atoms with Crippen LogP contribution in [0.1, 0.15) is 31.2 Å². The van der Waals surface area contributed by atoms with Crippen LogP contribution < -0.4 is 4.74 Å². The summed E-state index contributed by atoms with van der Waals surface area (Å²) in [5, 5.41) is 9.11. The molecular formula is C14H15NO. The van der Waals surface area contributed by atoms with Gasteiger partial charge in [0.2, 0.25) is 0 Å². The Labute approximate surface area is 96.2 Å². The highest BCUT2D eigenvalue weighted by molar-refractivity contribution is 5.73. The minimum absolute atomic E-state index is 0.855. The van der Waals surface area contributed by atoms with Crippen LogP contribution in [0.4, 0.5) is 0 Å². The van der Waals surface area contributed by atoms with E-state index >= 15 is 0 Å². The Kier molecular flexibility index (Phi) is 3.26. The molecule has 1 aliphatic carbocycles. The Morgan fingerprint density at radius 3 is 2.81 bits per heavy atom. The third-order valence-electron chi connectivity index (χ3n) is 3.02. The quantitative estimate of drug-likeness (QED) is 0.752. The fourth-order valence-electron chi connectivity index (χ4n) is 2.16. The lowest BCUT2D eigenvalue weighted by molar-refractivity contribution is 0.414. The number of hydrogen-bond donors (Lipinski definition) is 0. The van der Waals surface area contributed by atoms with E-state index in [2.05, 4.69) is 12.1 Å². The Balaban J connectivity index is 2.42. The van der Waals surface area contributed by atoms with Gasteiger partial charge in [-0.2, -0.15) is 5.26 Å².